The maximum absolute atomic E-state index is 12.8. The van der Waals surface area contributed by atoms with Gasteiger partial charge in [-0.15, -0.1) is 0 Å². The van der Waals surface area contributed by atoms with Crippen LogP contribution in [-0.2, 0) is 24.3 Å². The maximum atomic E-state index is 12.8. The molecular weight excluding hydrogens is 388 g/mol. The van der Waals surface area contributed by atoms with Gasteiger partial charge >= 0.3 is 11.9 Å². The summed E-state index contributed by atoms with van der Waals surface area (Å²) in [6.07, 6.45) is 0.774. The molecule has 0 radical (unpaired) electrons. The van der Waals surface area contributed by atoms with Crippen LogP contribution >= 0.6 is 0 Å². The summed E-state index contributed by atoms with van der Waals surface area (Å²) in [5.41, 5.74) is 2.44. The SMILES string of the molecule is Cc1c(C)c(C)c(C(=O)OCC2(C)CCO2)c(C(=O)OCCS(=O)(=O)O)c1C. The number of esters is 2. The molecule has 2 rings (SSSR count). The first-order chi connectivity index (χ1) is 12.9. The molecule has 1 aromatic rings. The largest absolute Gasteiger partial charge is 0.461 e. The third kappa shape index (κ3) is 4.89. The van der Waals surface area contributed by atoms with E-state index in [1.54, 1.807) is 13.8 Å². The molecule has 1 heterocycles. The third-order valence-electron chi connectivity index (χ3n) is 5.26. The highest BCUT2D eigenvalue weighted by Crippen LogP contribution is 2.30. The van der Waals surface area contributed by atoms with Crippen molar-refractivity contribution in [1.29, 1.82) is 0 Å². The summed E-state index contributed by atoms with van der Waals surface area (Å²) >= 11 is 0. The van der Waals surface area contributed by atoms with Crippen LogP contribution in [0.15, 0.2) is 0 Å². The third-order valence-corrected chi connectivity index (χ3v) is 5.94. The molecule has 28 heavy (non-hydrogen) atoms. The first-order valence-corrected chi connectivity index (χ1v) is 10.5. The summed E-state index contributed by atoms with van der Waals surface area (Å²) in [4.78, 5) is 25.4. The van der Waals surface area contributed by atoms with E-state index in [2.05, 4.69) is 0 Å². The van der Waals surface area contributed by atoms with Crippen molar-refractivity contribution >= 4 is 22.1 Å². The van der Waals surface area contributed by atoms with Gasteiger partial charge in [-0.2, -0.15) is 8.42 Å². The van der Waals surface area contributed by atoms with Crippen molar-refractivity contribution in [3.63, 3.8) is 0 Å². The molecule has 1 aromatic carbocycles. The molecule has 1 saturated heterocycles. The minimum absolute atomic E-state index is 0.0422. The molecular formula is C19H26O8S. The molecule has 0 aliphatic carbocycles. The Bertz CT molecular complexity index is 897. The van der Waals surface area contributed by atoms with Gasteiger partial charge in [-0.05, 0) is 56.9 Å². The van der Waals surface area contributed by atoms with Gasteiger partial charge in [-0.1, -0.05) is 0 Å². The zero-order valence-electron chi connectivity index (χ0n) is 16.7. The highest BCUT2D eigenvalue weighted by molar-refractivity contribution is 7.85. The highest BCUT2D eigenvalue weighted by Gasteiger charge is 2.36. The summed E-state index contributed by atoms with van der Waals surface area (Å²) < 4.78 is 46.3. The Hall–Kier alpha value is -1.97. The van der Waals surface area contributed by atoms with Gasteiger partial charge in [-0.25, -0.2) is 9.59 Å². The quantitative estimate of drug-likeness (QED) is 0.534. The molecule has 1 aliphatic rings. The smallest absolute Gasteiger partial charge is 0.339 e. The van der Waals surface area contributed by atoms with Crippen molar-refractivity contribution in [3.05, 3.63) is 33.4 Å². The zero-order chi connectivity index (χ0) is 21.3. The molecule has 0 spiro atoms. The summed E-state index contributed by atoms with van der Waals surface area (Å²) in [7, 11) is -4.27. The molecule has 1 atom stereocenters. The first kappa shape index (κ1) is 22.3. The van der Waals surface area contributed by atoms with Crippen LogP contribution in [0.5, 0.6) is 0 Å². The van der Waals surface area contributed by atoms with Gasteiger partial charge in [-0.3, -0.25) is 4.55 Å². The van der Waals surface area contributed by atoms with Crippen molar-refractivity contribution in [2.75, 3.05) is 25.6 Å². The lowest BCUT2D eigenvalue weighted by molar-refractivity contribution is -0.158. The van der Waals surface area contributed by atoms with Crippen LogP contribution in [0.1, 0.15) is 56.3 Å². The molecule has 156 valence electrons. The van der Waals surface area contributed by atoms with Gasteiger partial charge < -0.3 is 14.2 Å². The van der Waals surface area contributed by atoms with Crippen LogP contribution in [0.4, 0.5) is 0 Å². The van der Waals surface area contributed by atoms with E-state index in [1.165, 1.54) is 0 Å². The topological polar surface area (TPSA) is 116 Å². The standard InChI is InChI=1S/C19H26O8S/c1-11-12(2)14(4)16(18(21)26-10-19(5)6-7-27-19)15(13(11)3)17(20)25-8-9-28(22,23)24/h6-10H2,1-5H3,(H,22,23,24). The second-order valence-corrected chi connectivity index (χ2v) is 8.87. The predicted octanol–water partition coefficient (Wildman–Crippen LogP) is 2.30. The second kappa shape index (κ2) is 8.18. The number of rotatable bonds is 7. The van der Waals surface area contributed by atoms with Crippen molar-refractivity contribution in [2.24, 2.45) is 0 Å². The molecule has 1 unspecified atom stereocenters. The van der Waals surface area contributed by atoms with Crippen molar-refractivity contribution in [1.82, 2.24) is 0 Å². The van der Waals surface area contributed by atoms with Crippen LogP contribution in [0.25, 0.3) is 0 Å². The first-order valence-electron chi connectivity index (χ1n) is 8.90. The fraction of sp³-hybridized carbons (Fsp3) is 0.579. The van der Waals surface area contributed by atoms with Crippen LogP contribution in [0, 0.1) is 27.7 Å². The number of benzene rings is 1. The molecule has 1 aliphatic heterocycles. The van der Waals surface area contributed by atoms with Crippen molar-refractivity contribution < 1.29 is 36.8 Å². The molecule has 0 saturated carbocycles. The molecule has 0 aromatic heterocycles. The number of hydrogen-bond acceptors (Lipinski definition) is 7. The lowest BCUT2D eigenvalue weighted by Gasteiger charge is -2.37. The van der Waals surface area contributed by atoms with E-state index in [4.69, 9.17) is 18.8 Å². The zero-order valence-corrected chi connectivity index (χ0v) is 17.6. The van der Waals surface area contributed by atoms with Gasteiger partial charge in [0.2, 0.25) is 0 Å². The fourth-order valence-corrected chi connectivity index (χ4v) is 3.28. The van der Waals surface area contributed by atoms with Gasteiger partial charge in [0.05, 0.1) is 17.7 Å². The van der Waals surface area contributed by atoms with E-state index in [0.29, 0.717) is 17.7 Å². The van der Waals surface area contributed by atoms with E-state index in [1.807, 2.05) is 20.8 Å². The average molecular weight is 414 g/mol. The number of carbonyl (C=O) groups is 2. The highest BCUT2D eigenvalue weighted by atomic mass is 32.2. The van der Waals surface area contributed by atoms with Gasteiger partial charge in [0.15, 0.2) is 0 Å². The average Bonchev–Trinajstić information content (AvgIpc) is 2.57. The second-order valence-electron chi connectivity index (χ2n) is 7.30. The number of carbonyl (C=O) groups excluding carboxylic acids is 2. The van der Waals surface area contributed by atoms with E-state index < -0.39 is 40.0 Å². The lowest BCUT2D eigenvalue weighted by atomic mass is 9.88. The van der Waals surface area contributed by atoms with Crippen LogP contribution in [0.3, 0.4) is 0 Å². The molecule has 0 bridgehead atoms. The summed E-state index contributed by atoms with van der Waals surface area (Å²) in [6, 6.07) is 0. The Morgan fingerprint density at radius 1 is 1.00 bits per heavy atom. The van der Waals surface area contributed by atoms with Crippen molar-refractivity contribution in [3.8, 4) is 0 Å². The van der Waals surface area contributed by atoms with Crippen LogP contribution in [0.2, 0.25) is 0 Å². The van der Waals surface area contributed by atoms with E-state index in [-0.39, 0.29) is 17.7 Å². The molecule has 1 N–H and O–H groups in total. The summed E-state index contributed by atoms with van der Waals surface area (Å²) in [5.74, 6) is -2.23. The Morgan fingerprint density at radius 2 is 1.46 bits per heavy atom. The predicted molar refractivity (Wildman–Crippen MR) is 101 cm³/mol. The van der Waals surface area contributed by atoms with E-state index >= 15 is 0 Å². The van der Waals surface area contributed by atoms with Crippen LogP contribution < -0.4 is 0 Å². The number of ether oxygens (including phenoxy) is 3. The summed E-state index contributed by atoms with van der Waals surface area (Å²) in [6.45, 7) is 9.07. The Labute approximate surface area is 164 Å². The number of hydrogen-bond donors (Lipinski definition) is 1. The monoisotopic (exact) mass is 414 g/mol. The lowest BCUT2D eigenvalue weighted by Crippen LogP contribution is -2.45. The molecule has 0 amide bonds. The summed E-state index contributed by atoms with van der Waals surface area (Å²) in [5, 5.41) is 0. The van der Waals surface area contributed by atoms with Crippen LogP contribution in [-0.4, -0.2) is 56.1 Å². The molecule has 8 nitrogen and oxygen atoms in total. The van der Waals surface area contributed by atoms with Gasteiger partial charge in [0.1, 0.15) is 24.6 Å². The molecule has 1 fully saturated rings. The van der Waals surface area contributed by atoms with Gasteiger partial charge in [0, 0.05) is 6.42 Å². The normalized spacial score (nSPS) is 19.1. The minimum Gasteiger partial charge on any atom is -0.461 e. The van der Waals surface area contributed by atoms with E-state index in [0.717, 1.165) is 17.5 Å². The van der Waals surface area contributed by atoms with E-state index in [9.17, 15) is 18.0 Å². The molecule has 9 heteroatoms. The Balaban J connectivity index is 2.34. The van der Waals surface area contributed by atoms with Gasteiger partial charge in [0.25, 0.3) is 10.1 Å². The minimum atomic E-state index is -4.27. The Kier molecular flexibility index (Phi) is 6.52. The Morgan fingerprint density at radius 3 is 1.86 bits per heavy atom. The fourth-order valence-electron chi connectivity index (χ4n) is 2.99. The van der Waals surface area contributed by atoms with Crippen molar-refractivity contribution in [2.45, 2.75) is 46.6 Å². The maximum Gasteiger partial charge on any atom is 0.339 e.